The van der Waals surface area contributed by atoms with Crippen molar-refractivity contribution < 1.29 is 13.2 Å². The maximum atomic E-state index is 13.5. The minimum absolute atomic E-state index is 0.107. The van der Waals surface area contributed by atoms with E-state index in [2.05, 4.69) is 10.6 Å². The number of aryl methyl sites for hydroxylation is 1. The third-order valence-corrected chi connectivity index (χ3v) is 7.56. The number of thiocarbonyl (C=S) groups is 1. The van der Waals surface area contributed by atoms with Crippen LogP contribution in [0.3, 0.4) is 0 Å². The predicted molar refractivity (Wildman–Crippen MR) is 123 cm³/mol. The van der Waals surface area contributed by atoms with Crippen molar-refractivity contribution in [3.05, 3.63) is 82.4 Å². The fourth-order valence-electron chi connectivity index (χ4n) is 3.95. The molecule has 1 aliphatic carbocycles. The average Bonchev–Trinajstić information content (AvgIpc) is 2.76. The summed E-state index contributed by atoms with van der Waals surface area (Å²) in [7, 11) is -0.421. The average molecular weight is 437 g/mol. The second-order valence-corrected chi connectivity index (χ2v) is 9.35. The van der Waals surface area contributed by atoms with Gasteiger partial charge in [0.25, 0.3) is 0 Å². The highest BCUT2D eigenvalue weighted by atomic mass is 32.2. The lowest BCUT2D eigenvalue weighted by atomic mass is 9.81. The topological polar surface area (TPSA) is 75.3 Å². The van der Waals surface area contributed by atoms with Gasteiger partial charge in [0.2, 0.25) is 9.84 Å². The Kier molecular flexibility index (Phi) is 4.95. The van der Waals surface area contributed by atoms with E-state index in [4.69, 9.17) is 12.2 Å². The SMILES string of the molecule is CNc1cccc2c1C(=O)c1c(C)cc(S(=O)(=O)c3ccccc3)c(NC)c1C2=S. The number of carbonyl (C=O) groups excluding carboxylic acids is 1. The summed E-state index contributed by atoms with van der Waals surface area (Å²) in [6.07, 6.45) is 0. The van der Waals surface area contributed by atoms with Crippen molar-refractivity contribution in [3.63, 3.8) is 0 Å². The van der Waals surface area contributed by atoms with E-state index in [1.54, 1.807) is 63.5 Å². The van der Waals surface area contributed by atoms with Crippen LogP contribution in [0.1, 0.15) is 32.6 Å². The van der Waals surface area contributed by atoms with E-state index in [9.17, 15) is 13.2 Å². The van der Waals surface area contributed by atoms with Gasteiger partial charge in [-0.15, -0.1) is 0 Å². The van der Waals surface area contributed by atoms with E-state index in [0.29, 0.717) is 44.1 Å². The number of hydrogen-bond acceptors (Lipinski definition) is 6. The quantitative estimate of drug-likeness (QED) is 0.467. The van der Waals surface area contributed by atoms with Crippen LogP contribution in [0, 0.1) is 6.92 Å². The Morgan fingerprint density at radius 2 is 1.57 bits per heavy atom. The van der Waals surface area contributed by atoms with Gasteiger partial charge in [0.15, 0.2) is 5.78 Å². The smallest absolute Gasteiger partial charge is 0.208 e. The number of anilines is 2. The molecule has 1 aliphatic rings. The van der Waals surface area contributed by atoms with Crippen molar-refractivity contribution in [3.8, 4) is 0 Å². The Bertz CT molecular complexity index is 1310. The third-order valence-electron chi connectivity index (χ3n) is 5.34. The molecule has 0 unspecified atom stereocenters. The molecule has 0 bridgehead atoms. The Labute approximate surface area is 181 Å². The molecule has 0 saturated heterocycles. The van der Waals surface area contributed by atoms with Crippen LogP contribution in [-0.4, -0.2) is 33.2 Å². The number of carbonyl (C=O) groups is 1. The third kappa shape index (κ3) is 2.85. The molecule has 0 amide bonds. The molecule has 30 heavy (non-hydrogen) atoms. The van der Waals surface area contributed by atoms with Gasteiger partial charge in [-0.1, -0.05) is 42.5 Å². The summed E-state index contributed by atoms with van der Waals surface area (Å²) in [6, 6.07) is 15.2. The lowest BCUT2D eigenvalue weighted by molar-refractivity contribution is 0.103. The first-order valence-corrected chi connectivity index (χ1v) is 11.3. The summed E-state index contributed by atoms with van der Waals surface area (Å²) in [5.41, 5.74) is 3.65. The normalized spacial score (nSPS) is 12.9. The second-order valence-electron chi connectivity index (χ2n) is 7.02. The minimum Gasteiger partial charge on any atom is -0.388 e. The zero-order valence-electron chi connectivity index (χ0n) is 16.7. The lowest BCUT2D eigenvalue weighted by Crippen LogP contribution is -2.25. The standard InChI is InChI=1S/C23H20N2O3S2/c1-13-12-17(30(27,28)14-8-5-4-6-9-14)21(25-3)20-18(13)22(26)19-15(23(20)29)10-7-11-16(19)24-2/h4-12,24-25H,1-3H3. The molecule has 0 heterocycles. The molecular weight excluding hydrogens is 416 g/mol. The highest BCUT2D eigenvalue weighted by Crippen LogP contribution is 2.41. The van der Waals surface area contributed by atoms with Gasteiger partial charge in [-0.05, 0) is 36.8 Å². The van der Waals surface area contributed by atoms with E-state index in [-0.39, 0.29) is 15.6 Å². The number of nitrogens with one attached hydrogen (secondary N) is 2. The summed E-state index contributed by atoms with van der Waals surface area (Å²) in [5, 5.41) is 6.05. The molecular formula is C23H20N2O3S2. The molecule has 7 heteroatoms. The number of ketones is 1. The van der Waals surface area contributed by atoms with Gasteiger partial charge in [-0.3, -0.25) is 4.79 Å². The van der Waals surface area contributed by atoms with Gasteiger partial charge in [0.1, 0.15) is 0 Å². The summed E-state index contributed by atoms with van der Waals surface area (Å²) in [5.74, 6) is -0.170. The Balaban J connectivity index is 2.05. The Morgan fingerprint density at radius 3 is 2.20 bits per heavy atom. The summed E-state index contributed by atoms with van der Waals surface area (Å²) in [4.78, 5) is 14.2. The Hall–Kier alpha value is -3.03. The summed E-state index contributed by atoms with van der Waals surface area (Å²) >= 11 is 5.77. The number of hydrogen-bond donors (Lipinski definition) is 2. The van der Waals surface area contributed by atoms with Gasteiger partial charge in [-0.25, -0.2) is 8.42 Å². The molecule has 0 aliphatic heterocycles. The molecule has 0 radical (unpaired) electrons. The number of sulfone groups is 1. The van der Waals surface area contributed by atoms with E-state index < -0.39 is 9.84 Å². The summed E-state index contributed by atoms with van der Waals surface area (Å²) in [6.45, 7) is 1.75. The molecule has 3 aromatic carbocycles. The Morgan fingerprint density at radius 1 is 0.867 bits per heavy atom. The minimum atomic E-state index is -3.81. The first kappa shape index (κ1) is 20.3. The zero-order valence-corrected chi connectivity index (χ0v) is 18.4. The van der Waals surface area contributed by atoms with Crippen LogP contribution in [0.5, 0.6) is 0 Å². The molecule has 2 N–H and O–H groups in total. The first-order chi connectivity index (χ1) is 14.3. The van der Waals surface area contributed by atoms with Crippen LogP contribution in [0.4, 0.5) is 11.4 Å². The van der Waals surface area contributed by atoms with E-state index in [1.165, 1.54) is 0 Å². The largest absolute Gasteiger partial charge is 0.388 e. The number of fused-ring (bicyclic) bond motifs is 2. The fraction of sp³-hybridized carbons (Fsp3) is 0.130. The molecule has 3 aromatic rings. The van der Waals surface area contributed by atoms with Crippen LogP contribution in [0.15, 0.2) is 64.4 Å². The molecule has 5 nitrogen and oxygen atoms in total. The summed E-state index contributed by atoms with van der Waals surface area (Å²) < 4.78 is 26.8. The molecule has 0 saturated carbocycles. The maximum absolute atomic E-state index is 13.5. The van der Waals surface area contributed by atoms with Gasteiger partial charge in [0.05, 0.1) is 25.9 Å². The van der Waals surface area contributed by atoms with Crippen molar-refractivity contribution >= 4 is 44.1 Å². The predicted octanol–water partition coefficient (Wildman–Crippen LogP) is 4.22. The zero-order chi connectivity index (χ0) is 21.6. The van der Waals surface area contributed by atoms with Gasteiger partial charge in [0, 0.05) is 36.5 Å². The molecule has 0 fully saturated rings. The number of rotatable bonds is 4. The van der Waals surface area contributed by atoms with Crippen molar-refractivity contribution in [2.24, 2.45) is 0 Å². The second kappa shape index (κ2) is 7.34. The van der Waals surface area contributed by atoms with Gasteiger partial charge >= 0.3 is 0 Å². The molecule has 4 rings (SSSR count). The number of benzene rings is 3. The lowest BCUT2D eigenvalue weighted by Gasteiger charge is -2.27. The van der Waals surface area contributed by atoms with E-state index in [0.717, 1.165) is 0 Å². The van der Waals surface area contributed by atoms with E-state index in [1.807, 2.05) is 12.1 Å². The van der Waals surface area contributed by atoms with Crippen molar-refractivity contribution in [2.45, 2.75) is 16.7 Å². The van der Waals surface area contributed by atoms with Crippen LogP contribution < -0.4 is 10.6 Å². The molecule has 0 aromatic heterocycles. The fourth-order valence-corrected chi connectivity index (χ4v) is 5.90. The highest BCUT2D eigenvalue weighted by Gasteiger charge is 2.35. The van der Waals surface area contributed by atoms with Crippen molar-refractivity contribution in [2.75, 3.05) is 24.7 Å². The molecule has 0 spiro atoms. The molecule has 0 atom stereocenters. The maximum Gasteiger partial charge on any atom is 0.208 e. The van der Waals surface area contributed by atoms with Crippen molar-refractivity contribution in [1.82, 2.24) is 0 Å². The molecule has 152 valence electrons. The van der Waals surface area contributed by atoms with Gasteiger partial charge in [-0.2, -0.15) is 0 Å². The van der Waals surface area contributed by atoms with Crippen molar-refractivity contribution in [1.29, 1.82) is 0 Å². The highest BCUT2D eigenvalue weighted by molar-refractivity contribution is 7.91. The van der Waals surface area contributed by atoms with E-state index >= 15 is 0 Å². The van der Waals surface area contributed by atoms with Crippen LogP contribution in [0.2, 0.25) is 0 Å². The van der Waals surface area contributed by atoms with Crippen LogP contribution >= 0.6 is 12.2 Å². The first-order valence-electron chi connectivity index (χ1n) is 9.38. The monoisotopic (exact) mass is 436 g/mol. The van der Waals surface area contributed by atoms with Crippen LogP contribution in [-0.2, 0) is 9.84 Å². The van der Waals surface area contributed by atoms with Crippen LogP contribution in [0.25, 0.3) is 0 Å². The van der Waals surface area contributed by atoms with Gasteiger partial charge < -0.3 is 10.6 Å².